The second-order valence-corrected chi connectivity index (χ2v) is 7.44. The quantitative estimate of drug-likeness (QED) is 0.609. The fraction of sp³-hybridized carbons (Fsp3) is 0.619. The van der Waals surface area contributed by atoms with Crippen LogP contribution in [0.2, 0.25) is 0 Å². The fourth-order valence-electron chi connectivity index (χ4n) is 3.82. The Hall–Kier alpha value is -2.28. The van der Waals surface area contributed by atoms with Crippen LogP contribution < -0.4 is 10.1 Å². The number of carbonyl (C=O) groups is 1. The minimum absolute atomic E-state index is 0.179. The molecule has 2 aliphatic rings. The number of nitrogens with one attached hydrogen (secondary N) is 1. The number of likely N-dealkylation sites (tertiary alicyclic amines) is 1. The van der Waals surface area contributed by atoms with E-state index in [0.717, 1.165) is 76.9 Å². The number of piperazine rings is 1. The van der Waals surface area contributed by atoms with Crippen LogP contribution in [-0.2, 0) is 4.79 Å². The molecular weight excluding hydrogens is 354 g/mol. The topological polar surface area (TPSA) is 60.4 Å². The SMILES string of the molecule is CN=C(NCCN1CCN(C(C)=O)CC1)N1CCC(Oc2ccccc2)CC1. The number of rotatable bonds is 5. The summed E-state index contributed by atoms with van der Waals surface area (Å²) in [4.78, 5) is 22.5. The minimum atomic E-state index is 0.179. The van der Waals surface area contributed by atoms with Gasteiger partial charge in [-0.1, -0.05) is 18.2 Å². The molecule has 7 nitrogen and oxygen atoms in total. The van der Waals surface area contributed by atoms with Crippen LogP contribution in [0.15, 0.2) is 35.3 Å². The first kappa shape index (κ1) is 20.5. The largest absolute Gasteiger partial charge is 0.490 e. The number of nitrogens with zero attached hydrogens (tertiary/aromatic N) is 4. The van der Waals surface area contributed by atoms with Crippen molar-refractivity contribution in [2.75, 3.05) is 59.4 Å². The number of hydrogen-bond acceptors (Lipinski definition) is 4. The van der Waals surface area contributed by atoms with Gasteiger partial charge in [-0.25, -0.2) is 0 Å². The molecule has 0 bridgehead atoms. The predicted octanol–water partition coefficient (Wildman–Crippen LogP) is 1.27. The molecule has 2 heterocycles. The Balaban J connectivity index is 1.35. The second-order valence-electron chi connectivity index (χ2n) is 7.44. The zero-order valence-corrected chi connectivity index (χ0v) is 17.1. The molecule has 0 unspecified atom stereocenters. The highest BCUT2D eigenvalue weighted by atomic mass is 16.5. The molecule has 3 rings (SSSR count). The molecule has 1 aromatic carbocycles. The van der Waals surface area contributed by atoms with E-state index in [1.54, 1.807) is 6.92 Å². The monoisotopic (exact) mass is 387 g/mol. The van der Waals surface area contributed by atoms with Gasteiger partial charge in [-0.2, -0.15) is 0 Å². The lowest BCUT2D eigenvalue weighted by Crippen LogP contribution is -2.51. The van der Waals surface area contributed by atoms with E-state index in [1.807, 2.05) is 42.3 Å². The van der Waals surface area contributed by atoms with Crippen molar-refractivity contribution >= 4 is 11.9 Å². The number of para-hydroxylation sites is 1. The molecule has 1 aromatic rings. The molecule has 28 heavy (non-hydrogen) atoms. The van der Waals surface area contributed by atoms with Gasteiger partial charge >= 0.3 is 0 Å². The first-order valence-corrected chi connectivity index (χ1v) is 10.3. The highest BCUT2D eigenvalue weighted by Gasteiger charge is 2.23. The summed E-state index contributed by atoms with van der Waals surface area (Å²) in [5.41, 5.74) is 0. The van der Waals surface area contributed by atoms with Crippen molar-refractivity contribution in [3.8, 4) is 5.75 Å². The molecule has 2 aliphatic heterocycles. The lowest BCUT2D eigenvalue weighted by molar-refractivity contribution is -0.130. The Morgan fingerprint density at radius 3 is 2.36 bits per heavy atom. The normalized spacial score (nSPS) is 19.6. The van der Waals surface area contributed by atoms with E-state index >= 15 is 0 Å². The standard InChI is InChI=1S/C21H33N5O2/c1-18(27)25-16-14-24(15-17-25)13-10-23-21(22-2)26-11-8-20(9-12-26)28-19-6-4-3-5-7-19/h3-7,20H,8-17H2,1-2H3,(H,22,23). The van der Waals surface area contributed by atoms with Gasteiger partial charge in [-0.05, 0) is 12.1 Å². The number of piperidine rings is 1. The van der Waals surface area contributed by atoms with E-state index in [0.29, 0.717) is 0 Å². The molecular formula is C21H33N5O2. The van der Waals surface area contributed by atoms with Crippen molar-refractivity contribution in [1.82, 2.24) is 20.0 Å². The Kier molecular flexibility index (Phi) is 7.54. The van der Waals surface area contributed by atoms with Crippen LogP contribution in [0.1, 0.15) is 19.8 Å². The third kappa shape index (κ3) is 5.86. The maximum Gasteiger partial charge on any atom is 0.219 e. The van der Waals surface area contributed by atoms with Crippen LogP contribution in [0.4, 0.5) is 0 Å². The van der Waals surface area contributed by atoms with Crippen molar-refractivity contribution in [3.05, 3.63) is 30.3 Å². The van der Waals surface area contributed by atoms with Gasteiger partial charge in [0.05, 0.1) is 0 Å². The highest BCUT2D eigenvalue weighted by Crippen LogP contribution is 2.18. The summed E-state index contributed by atoms with van der Waals surface area (Å²) in [6, 6.07) is 10.1. The van der Waals surface area contributed by atoms with Gasteiger partial charge in [-0.15, -0.1) is 0 Å². The lowest BCUT2D eigenvalue weighted by atomic mass is 10.1. The smallest absolute Gasteiger partial charge is 0.219 e. The zero-order valence-electron chi connectivity index (χ0n) is 17.1. The van der Waals surface area contributed by atoms with Crippen LogP contribution >= 0.6 is 0 Å². The van der Waals surface area contributed by atoms with E-state index < -0.39 is 0 Å². The number of amides is 1. The second kappa shape index (κ2) is 10.3. The molecule has 1 N–H and O–H groups in total. The highest BCUT2D eigenvalue weighted by molar-refractivity contribution is 5.80. The first-order chi connectivity index (χ1) is 13.7. The van der Waals surface area contributed by atoms with Gasteiger partial charge in [-0.3, -0.25) is 14.7 Å². The molecule has 1 amide bonds. The van der Waals surface area contributed by atoms with Gasteiger partial charge in [0.1, 0.15) is 11.9 Å². The van der Waals surface area contributed by atoms with Gasteiger partial charge in [0, 0.05) is 79.2 Å². The molecule has 2 saturated heterocycles. The molecule has 7 heteroatoms. The van der Waals surface area contributed by atoms with Crippen LogP contribution in [0.5, 0.6) is 5.75 Å². The lowest BCUT2D eigenvalue weighted by Gasteiger charge is -2.36. The summed E-state index contributed by atoms with van der Waals surface area (Å²) in [5, 5.41) is 3.50. The van der Waals surface area contributed by atoms with Crippen molar-refractivity contribution in [2.24, 2.45) is 4.99 Å². The minimum Gasteiger partial charge on any atom is -0.490 e. The average Bonchev–Trinajstić information content (AvgIpc) is 2.73. The summed E-state index contributed by atoms with van der Waals surface area (Å²) in [6.45, 7) is 8.95. The van der Waals surface area contributed by atoms with Gasteiger partial charge in [0.15, 0.2) is 5.96 Å². The summed E-state index contributed by atoms with van der Waals surface area (Å²) in [5.74, 6) is 2.10. The van der Waals surface area contributed by atoms with Crippen molar-refractivity contribution in [3.63, 3.8) is 0 Å². The molecule has 0 atom stereocenters. The molecule has 0 spiro atoms. The summed E-state index contributed by atoms with van der Waals surface area (Å²) in [7, 11) is 1.85. The van der Waals surface area contributed by atoms with Crippen LogP contribution in [-0.4, -0.2) is 92.1 Å². The van der Waals surface area contributed by atoms with Crippen molar-refractivity contribution < 1.29 is 9.53 Å². The third-order valence-corrected chi connectivity index (χ3v) is 5.53. The van der Waals surface area contributed by atoms with Crippen LogP contribution in [0, 0.1) is 0 Å². The summed E-state index contributed by atoms with van der Waals surface area (Å²) >= 11 is 0. The molecule has 0 radical (unpaired) electrons. The van der Waals surface area contributed by atoms with Crippen LogP contribution in [0.3, 0.4) is 0 Å². The van der Waals surface area contributed by atoms with Crippen molar-refractivity contribution in [1.29, 1.82) is 0 Å². The van der Waals surface area contributed by atoms with Crippen LogP contribution in [0.25, 0.3) is 0 Å². The summed E-state index contributed by atoms with van der Waals surface area (Å²) in [6.07, 6.45) is 2.28. The maximum atomic E-state index is 11.4. The summed E-state index contributed by atoms with van der Waals surface area (Å²) < 4.78 is 6.08. The van der Waals surface area contributed by atoms with Crippen molar-refractivity contribution in [2.45, 2.75) is 25.9 Å². The Morgan fingerprint density at radius 1 is 1.07 bits per heavy atom. The van der Waals surface area contributed by atoms with Gasteiger partial charge < -0.3 is 19.9 Å². The average molecular weight is 388 g/mol. The van der Waals surface area contributed by atoms with E-state index in [-0.39, 0.29) is 12.0 Å². The molecule has 0 aromatic heterocycles. The first-order valence-electron chi connectivity index (χ1n) is 10.3. The van der Waals surface area contributed by atoms with E-state index in [2.05, 4.69) is 20.1 Å². The number of guanidine groups is 1. The Morgan fingerprint density at radius 2 is 1.75 bits per heavy atom. The number of ether oxygens (including phenoxy) is 1. The molecule has 2 fully saturated rings. The third-order valence-electron chi connectivity index (χ3n) is 5.53. The number of aliphatic imine (C=N–C) groups is 1. The molecule has 0 saturated carbocycles. The van der Waals surface area contributed by atoms with Gasteiger partial charge in [0.2, 0.25) is 5.91 Å². The maximum absolute atomic E-state index is 11.4. The number of benzene rings is 1. The molecule has 154 valence electrons. The Labute approximate surface area is 168 Å². The van der Waals surface area contributed by atoms with E-state index in [4.69, 9.17) is 4.74 Å². The fourth-order valence-corrected chi connectivity index (χ4v) is 3.82. The number of carbonyl (C=O) groups excluding carboxylic acids is 1. The molecule has 0 aliphatic carbocycles. The Bertz CT molecular complexity index is 635. The van der Waals surface area contributed by atoms with Gasteiger partial charge in [0.25, 0.3) is 0 Å². The zero-order chi connectivity index (χ0) is 19.8. The number of hydrogen-bond donors (Lipinski definition) is 1. The van der Waals surface area contributed by atoms with E-state index in [9.17, 15) is 4.79 Å². The van der Waals surface area contributed by atoms with E-state index in [1.165, 1.54) is 0 Å². The predicted molar refractivity (Wildman–Crippen MR) is 112 cm³/mol.